The van der Waals surface area contributed by atoms with Crippen LogP contribution in [0.15, 0.2) is 116 Å². The van der Waals surface area contributed by atoms with Crippen molar-refractivity contribution in [2.24, 2.45) is 5.92 Å². The molecule has 0 saturated heterocycles. The van der Waals surface area contributed by atoms with Crippen LogP contribution in [0.2, 0.25) is 5.04 Å². The van der Waals surface area contributed by atoms with E-state index < -0.39 is 8.32 Å². The quantitative estimate of drug-likeness (QED) is 0.186. The summed E-state index contributed by atoms with van der Waals surface area (Å²) in [7, 11) is -2.72. The van der Waals surface area contributed by atoms with Crippen molar-refractivity contribution < 1.29 is 14.0 Å². The molecule has 0 heterocycles. The fourth-order valence-corrected chi connectivity index (χ4v) is 9.14. The first-order valence-electron chi connectivity index (χ1n) is 12.1. The Balaban J connectivity index is 1.87. The molecule has 0 aliphatic rings. The monoisotopic (exact) mass is 484 g/mol. The third-order valence-corrected chi connectivity index (χ3v) is 11.4. The number of benzene rings is 3. The number of carbonyl (C=O) groups is 1. The van der Waals surface area contributed by atoms with Crippen LogP contribution in [0.4, 0.5) is 0 Å². The fraction of sp³-hybridized carbons (Fsp3) is 0.258. The molecule has 3 aromatic rings. The van der Waals surface area contributed by atoms with E-state index in [0.29, 0.717) is 12.0 Å². The Kier molecular flexibility index (Phi) is 9.02. The van der Waals surface area contributed by atoms with Crippen LogP contribution < -0.4 is 10.4 Å². The molecule has 35 heavy (non-hydrogen) atoms. The molecule has 0 aliphatic carbocycles. The summed E-state index contributed by atoms with van der Waals surface area (Å²) < 4.78 is 12.8. The molecule has 0 saturated carbocycles. The van der Waals surface area contributed by atoms with E-state index in [4.69, 9.17) is 9.16 Å². The minimum Gasteiger partial charge on any atom is -0.461 e. The first-order valence-corrected chi connectivity index (χ1v) is 14.0. The van der Waals surface area contributed by atoms with Gasteiger partial charge in [-0.15, -0.1) is 13.2 Å². The van der Waals surface area contributed by atoms with E-state index in [-0.39, 0.29) is 29.6 Å². The largest absolute Gasteiger partial charge is 0.461 e. The molecular weight excluding hydrogens is 448 g/mol. The van der Waals surface area contributed by atoms with E-state index in [2.05, 4.69) is 82.5 Å². The van der Waals surface area contributed by atoms with E-state index >= 15 is 0 Å². The molecule has 0 N–H and O–H groups in total. The van der Waals surface area contributed by atoms with Crippen LogP contribution in [0.5, 0.6) is 0 Å². The summed E-state index contributed by atoms with van der Waals surface area (Å²) in [6.45, 7) is 15.1. The summed E-state index contributed by atoms with van der Waals surface area (Å²) >= 11 is 0. The van der Waals surface area contributed by atoms with E-state index in [1.807, 2.05) is 42.5 Å². The van der Waals surface area contributed by atoms with Crippen LogP contribution in [-0.2, 0) is 9.16 Å². The number of carbonyl (C=O) groups excluding carboxylic acids is 1. The molecule has 2 atom stereocenters. The molecular formula is C31H36O3Si. The maximum Gasteiger partial charge on any atom is 0.338 e. The Morgan fingerprint density at radius 2 is 1.31 bits per heavy atom. The van der Waals surface area contributed by atoms with Gasteiger partial charge in [0.1, 0.15) is 0 Å². The van der Waals surface area contributed by atoms with Crippen molar-refractivity contribution in [3.8, 4) is 0 Å². The number of hydrogen-bond donors (Lipinski definition) is 0. The molecule has 3 aromatic carbocycles. The summed E-state index contributed by atoms with van der Waals surface area (Å²) in [4.78, 5) is 12.4. The highest BCUT2D eigenvalue weighted by atomic mass is 28.4. The van der Waals surface area contributed by atoms with Gasteiger partial charge in [-0.05, 0) is 34.0 Å². The Labute approximate surface area is 211 Å². The Bertz CT molecular complexity index is 1050. The van der Waals surface area contributed by atoms with Crippen molar-refractivity contribution in [1.29, 1.82) is 0 Å². The molecule has 0 bridgehead atoms. The minimum atomic E-state index is -2.72. The van der Waals surface area contributed by atoms with Gasteiger partial charge in [-0.1, -0.05) is 112 Å². The lowest BCUT2D eigenvalue weighted by molar-refractivity contribution is 0.0441. The zero-order valence-corrected chi connectivity index (χ0v) is 22.0. The van der Waals surface area contributed by atoms with Crippen molar-refractivity contribution in [1.82, 2.24) is 0 Å². The summed E-state index contributed by atoms with van der Waals surface area (Å²) in [5.41, 5.74) is 0.541. The van der Waals surface area contributed by atoms with Gasteiger partial charge >= 0.3 is 5.97 Å². The molecule has 0 aromatic heterocycles. The van der Waals surface area contributed by atoms with Crippen molar-refractivity contribution in [3.63, 3.8) is 0 Å². The highest BCUT2D eigenvalue weighted by molar-refractivity contribution is 6.99. The van der Waals surface area contributed by atoms with Crippen molar-refractivity contribution in [2.45, 2.75) is 38.3 Å². The van der Waals surface area contributed by atoms with Crippen LogP contribution in [0.3, 0.4) is 0 Å². The third kappa shape index (κ3) is 6.27. The summed E-state index contributed by atoms with van der Waals surface area (Å²) in [6, 6.07) is 30.1. The summed E-state index contributed by atoms with van der Waals surface area (Å²) in [6.07, 6.45) is 4.09. The molecule has 3 rings (SSSR count). The van der Waals surface area contributed by atoms with Gasteiger partial charge in [0.25, 0.3) is 8.32 Å². The predicted octanol–water partition coefficient (Wildman–Crippen LogP) is 6.17. The van der Waals surface area contributed by atoms with Gasteiger partial charge in [-0.25, -0.2) is 4.79 Å². The number of esters is 1. The molecule has 0 aliphatic heterocycles. The molecule has 4 heteroatoms. The number of hydrogen-bond acceptors (Lipinski definition) is 3. The van der Waals surface area contributed by atoms with Crippen molar-refractivity contribution in [2.75, 3.05) is 6.61 Å². The summed E-state index contributed by atoms with van der Waals surface area (Å²) in [5, 5.41) is 2.30. The maximum atomic E-state index is 12.4. The van der Waals surface area contributed by atoms with Gasteiger partial charge in [-0.3, -0.25) is 0 Å². The van der Waals surface area contributed by atoms with E-state index in [0.717, 1.165) is 0 Å². The third-order valence-electron chi connectivity index (χ3n) is 6.31. The summed E-state index contributed by atoms with van der Waals surface area (Å²) in [5.74, 6) is -0.399. The lowest BCUT2D eigenvalue weighted by Crippen LogP contribution is -2.67. The normalized spacial score (nSPS) is 13.5. The van der Waals surface area contributed by atoms with Crippen molar-refractivity contribution in [3.05, 3.63) is 122 Å². The molecule has 0 spiro atoms. The molecule has 0 amide bonds. The zero-order chi connectivity index (χ0) is 25.3. The highest BCUT2D eigenvalue weighted by Gasteiger charge is 2.51. The van der Waals surface area contributed by atoms with Crippen LogP contribution in [0.25, 0.3) is 0 Å². The second-order valence-corrected chi connectivity index (χ2v) is 14.0. The van der Waals surface area contributed by atoms with Crippen LogP contribution >= 0.6 is 0 Å². The maximum absolute atomic E-state index is 12.4. The number of ether oxygens (including phenoxy) is 1. The van der Waals surface area contributed by atoms with E-state index in [1.54, 1.807) is 12.1 Å². The topological polar surface area (TPSA) is 35.5 Å². The second-order valence-electron chi connectivity index (χ2n) is 9.75. The zero-order valence-electron chi connectivity index (χ0n) is 21.0. The molecule has 3 nitrogen and oxygen atoms in total. The average molecular weight is 485 g/mol. The van der Waals surface area contributed by atoms with E-state index in [1.165, 1.54) is 10.4 Å². The van der Waals surface area contributed by atoms with Gasteiger partial charge in [0.2, 0.25) is 0 Å². The van der Waals surface area contributed by atoms with Gasteiger partial charge in [0, 0.05) is 5.92 Å². The van der Waals surface area contributed by atoms with Crippen LogP contribution in [-0.4, -0.2) is 27.0 Å². The average Bonchev–Trinajstić information content (AvgIpc) is 2.89. The molecule has 182 valence electrons. The molecule has 0 radical (unpaired) electrons. The van der Waals surface area contributed by atoms with E-state index in [9.17, 15) is 4.79 Å². The van der Waals surface area contributed by atoms with Gasteiger partial charge in [-0.2, -0.15) is 0 Å². The second kappa shape index (κ2) is 12.0. The Hall–Kier alpha value is -3.21. The molecule has 0 fully saturated rings. The number of rotatable bonds is 11. The van der Waals surface area contributed by atoms with Crippen LogP contribution in [0.1, 0.15) is 37.6 Å². The standard InChI is InChI=1S/C31H36O3Si/c1-6-25(24-33-30(32)26-17-11-8-12-18-26)23-27(7-2)34-35(31(3,4)5,28-19-13-9-14-20-28)29-21-15-10-16-22-29/h6-22,25,27H,1-2,23-24H2,3-5H3/t25?,27-/m1/s1. The first-order chi connectivity index (χ1) is 16.8. The van der Waals surface area contributed by atoms with Gasteiger partial charge in [0.05, 0.1) is 18.3 Å². The van der Waals surface area contributed by atoms with Gasteiger partial charge < -0.3 is 9.16 Å². The Morgan fingerprint density at radius 3 is 1.74 bits per heavy atom. The van der Waals surface area contributed by atoms with Crippen molar-refractivity contribution >= 4 is 24.7 Å². The van der Waals surface area contributed by atoms with Crippen LogP contribution in [0, 0.1) is 5.92 Å². The first kappa shape index (κ1) is 26.4. The SMILES string of the molecule is C=CC(COC(=O)c1ccccc1)C[C@@H](C=C)O[Si](c1ccccc1)(c1ccccc1)C(C)(C)C. The fourth-order valence-electron chi connectivity index (χ4n) is 4.48. The highest BCUT2D eigenvalue weighted by Crippen LogP contribution is 2.38. The lowest BCUT2D eigenvalue weighted by Gasteiger charge is -2.45. The lowest BCUT2D eigenvalue weighted by atomic mass is 10.0. The predicted molar refractivity (Wildman–Crippen MR) is 148 cm³/mol. The molecule has 1 unspecified atom stereocenters. The minimum absolute atomic E-state index is 0.0659. The smallest absolute Gasteiger partial charge is 0.338 e. The van der Waals surface area contributed by atoms with Gasteiger partial charge in [0.15, 0.2) is 0 Å². The Morgan fingerprint density at radius 1 is 0.829 bits per heavy atom.